The lowest BCUT2D eigenvalue weighted by Gasteiger charge is -2.18. The van der Waals surface area contributed by atoms with Gasteiger partial charge in [-0.25, -0.2) is 0 Å². The lowest BCUT2D eigenvalue weighted by Crippen LogP contribution is -2.20. The Morgan fingerprint density at radius 3 is 1.88 bits per heavy atom. The van der Waals surface area contributed by atoms with E-state index in [1.165, 1.54) is 0 Å². The molecule has 0 saturated heterocycles. The fourth-order valence-electron chi connectivity index (χ4n) is 0.262. The molecule has 0 aliphatic rings. The molecule has 0 saturated carbocycles. The molecule has 0 unspecified atom stereocenters. The largest absolute Gasteiger partial charge is 0.473 e. The summed E-state index contributed by atoms with van der Waals surface area (Å²) in [5.74, 6) is 0. The van der Waals surface area contributed by atoms with E-state index in [4.69, 9.17) is 4.74 Å². The monoisotopic (exact) mass is 150 g/mol. The second kappa shape index (κ2) is 2.69. The van der Waals surface area contributed by atoms with Gasteiger partial charge in [0, 0.05) is 0 Å². The second-order valence-corrected chi connectivity index (χ2v) is 3.56. The normalized spacial score (nSPS) is 11.0. The number of ether oxygens (including phenoxy) is 1. The Balaban J connectivity index is 3.55. The van der Waals surface area contributed by atoms with Crippen LogP contribution in [0.3, 0.4) is 0 Å². The van der Waals surface area contributed by atoms with Crippen molar-refractivity contribution in [1.82, 2.24) is 0 Å². The lowest BCUT2D eigenvalue weighted by molar-refractivity contribution is 0.128. The highest BCUT2D eigenvalue weighted by Crippen LogP contribution is 2.08. The van der Waals surface area contributed by atoms with Crippen LogP contribution in [0.25, 0.3) is 0 Å². The minimum atomic E-state index is -0.196. The van der Waals surface area contributed by atoms with Crippen LogP contribution < -0.4 is 0 Å². The van der Waals surface area contributed by atoms with Crippen molar-refractivity contribution < 1.29 is 4.74 Å². The van der Waals surface area contributed by atoms with Gasteiger partial charge >= 0.3 is 0 Å². The van der Waals surface area contributed by atoms with E-state index >= 15 is 0 Å². The molecule has 0 amide bonds. The highest BCUT2D eigenvalue weighted by molar-refractivity contribution is 8.10. The SMILES string of the molecule is CC(C)(C)OC(=S)S. The first kappa shape index (κ1) is 8.24. The minimum absolute atomic E-state index is 0.196. The Morgan fingerprint density at radius 2 is 1.88 bits per heavy atom. The Morgan fingerprint density at radius 1 is 1.50 bits per heavy atom. The average molecular weight is 150 g/mol. The Hall–Kier alpha value is 0.240. The molecule has 0 atom stereocenters. The van der Waals surface area contributed by atoms with E-state index in [0.717, 1.165) is 0 Å². The van der Waals surface area contributed by atoms with Gasteiger partial charge in [-0.1, -0.05) is 12.6 Å². The highest BCUT2D eigenvalue weighted by Gasteiger charge is 2.10. The highest BCUT2D eigenvalue weighted by atomic mass is 32.1. The van der Waals surface area contributed by atoms with Crippen molar-refractivity contribution in [2.75, 3.05) is 0 Å². The van der Waals surface area contributed by atoms with E-state index in [1.54, 1.807) is 0 Å². The molecule has 0 fully saturated rings. The van der Waals surface area contributed by atoms with Crippen LogP contribution in [0.1, 0.15) is 20.8 Å². The van der Waals surface area contributed by atoms with E-state index in [0.29, 0.717) is 4.38 Å². The molecule has 0 radical (unpaired) electrons. The first-order valence-corrected chi connectivity index (χ1v) is 3.19. The minimum Gasteiger partial charge on any atom is -0.473 e. The van der Waals surface area contributed by atoms with Gasteiger partial charge in [0.25, 0.3) is 0 Å². The smallest absolute Gasteiger partial charge is 0.217 e. The van der Waals surface area contributed by atoms with Crippen molar-refractivity contribution in [2.24, 2.45) is 0 Å². The molecule has 8 heavy (non-hydrogen) atoms. The summed E-state index contributed by atoms with van der Waals surface area (Å²) in [5, 5.41) is 0. The van der Waals surface area contributed by atoms with Gasteiger partial charge in [-0.2, -0.15) is 0 Å². The number of thiol groups is 1. The van der Waals surface area contributed by atoms with Gasteiger partial charge < -0.3 is 4.74 Å². The zero-order valence-electron chi connectivity index (χ0n) is 5.26. The molecule has 48 valence electrons. The first-order chi connectivity index (χ1) is 3.42. The van der Waals surface area contributed by atoms with Crippen LogP contribution in [0.2, 0.25) is 0 Å². The summed E-state index contributed by atoms with van der Waals surface area (Å²) in [4.78, 5) is 0. The fraction of sp³-hybridized carbons (Fsp3) is 0.800. The van der Waals surface area contributed by atoms with E-state index in [1.807, 2.05) is 20.8 Å². The predicted molar refractivity (Wildman–Crippen MR) is 42.4 cm³/mol. The van der Waals surface area contributed by atoms with Crippen LogP contribution in [0.4, 0.5) is 0 Å². The van der Waals surface area contributed by atoms with Crippen molar-refractivity contribution in [3.05, 3.63) is 0 Å². The quantitative estimate of drug-likeness (QED) is 0.418. The van der Waals surface area contributed by atoms with Crippen LogP contribution >= 0.6 is 24.8 Å². The standard InChI is InChI=1S/C5H10OS2/c1-5(2,3)6-4(7)8/h1-3H3,(H,7,8). The van der Waals surface area contributed by atoms with E-state index in [-0.39, 0.29) is 5.60 Å². The third kappa shape index (κ3) is 6.24. The van der Waals surface area contributed by atoms with Gasteiger partial charge in [0.05, 0.1) is 0 Å². The molecule has 3 heteroatoms. The van der Waals surface area contributed by atoms with Gasteiger partial charge in [0.2, 0.25) is 4.38 Å². The number of thiocarbonyl (C=S) groups is 1. The number of rotatable bonds is 0. The molecule has 0 bridgehead atoms. The molecule has 1 nitrogen and oxygen atoms in total. The molecular weight excluding hydrogens is 140 g/mol. The molecule has 0 rings (SSSR count). The summed E-state index contributed by atoms with van der Waals surface area (Å²) >= 11 is 8.39. The first-order valence-electron chi connectivity index (χ1n) is 2.34. The van der Waals surface area contributed by atoms with Crippen LogP contribution in [0.5, 0.6) is 0 Å². The maximum atomic E-state index is 5.03. The molecular formula is C5H10OS2. The van der Waals surface area contributed by atoms with Gasteiger partial charge in [-0.15, -0.1) is 0 Å². The molecule has 0 N–H and O–H groups in total. The van der Waals surface area contributed by atoms with E-state index < -0.39 is 0 Å². The molecule has 0 heterocycles. The maximum absolute atomic E-state index is 5.03. The van der Waals surface area contributed by atoms with Crippen molar-refractivity contribution in [3.63, 3.8) is 0 Å². The molecule has 0 aliphatic carbocycles. The van der Waals surface area contributed by atoms with Crippen molar-refractivity contribution >= 4 is 29.2 Å². The van der Waals surface area contributed by atoms with E-state index in [9.17, 15) is 0 Å². The van der Waals surface area contributed by atoms with Gasteiger partial charge in [-0.05, 0) is 33.0 Å². The van der Waals surface area contributed by atoms with Crippen LogP contribution in [-0.2, 0) is 4.74 Å². The lowest BCUT2D eigenvalue weighted by atomic mass is 10.2. The summed E-state index contributed by atoms with van der Waals surface area (Å²) in [7, 11) is 0. The molecule has 0 aromatic carbocycles. The molecule has 0 aromatic heterocycles. The third-order valence-corrected chi connectivity index (χ3v) is 0.568. The summed E-state index contributed by atoms with van der Waals surface area (Å²) in [5.41, 5.74) is -0.196. The van der Waals surface area contributed by atoms with Crippen LogP contribution in [0, 0.1) is 0 Å². The zero-order chi connectivity index (χ0) is 6.78. The van der Waals surface area contributed by atoms with Crippen molar-refractivity contribution in [2.45, 2.75) is 26.4 Å². The number of hydrogen-bond donors (Lipinski definition) is 1. The van der Waals surface area contributed by atoms with Crippen LogP contribution in [0.15, 0.2) is 0 Å². The zero-order valence-corrected chi connectivity index (χ0v) is 6.97. The Bertz CT molecular complexity index is 93.1. The molecule has 0 spiro atoms. The van der Waals surface area contributed by atoms with Gasteiger partial charge in [0.15, 0.2) is 0 Å². The summed E-state index contributed by atoms with van der Waals surface area (Å²) in [6.45, 7) is 5.78. The number of hydrogen-bond acceptors (Lipinski definition) is 2. The van der Waals surface area contributed by atoms with Crippen molar-refractivity contribution in [3.8, 4) is 0 Å². The third-order valence-electron chi connectivity index (χ3n) is 0.393. The molecule has 0 aromatic rings. The topological polar surface area (TPSA) is 9.23 Å². The predicted octanol–water partition coefficient (Wildman–Crippen LogP) is 2.02. The maximum Gasteiger partial charge on any atom is 0.217 e. The average Bonchev–Trinajstić information content (AvgIpc) is 1.21. The van der Waals surface area contributed by atoms with E-state index in [2.05, 4.69) is 24.8 Å². The summed E-state index contributed by atoms with van der Waals surface area (Å²) in [6.07, 6.45) is 0. The van der Waals surface area contributed by atoms with Crippen molar-refractivity contribution in [1.29, 1.82) is 0 Å². The van der Waals surface area contributed by atoms with Crippen LogP contribution in [-0.4, -0.2) is 9.98 Å². The Labute approximate surface area is 60.8 Å². The summed E-state index contributed by atoms with van der Waals surface area (Å²) < 4.78 is 5.34. The Kier molecular flexibility index (Phi) is 2.77. The molecule has 0 aliphatic heterocycles. The van der Waals surface area contributed by atoms with Gasteiger partial charge in [0.1, 0.15) is 5.60 Å². The van der Waals surface area contributed by atoms with Gasteiger partial charge in [-0.3, -0.25) is 0 Å². The summed E-state index contributed by atoms with van der Waals surface area (Å²) in [6, 6.07) is 0. The fourth-order valence-corrected chi connectivity index (χ4v) is 0.786. The second-order valence-electron chi connectivity index (χ2n) is 2.48.